The average molecular weight is 307 g/mol. The van der Waals surface area contributed by atoms with Gasteiger partial charge in [-0.1, -0.05) is 13.8 Å². The Kier molecular flexibility index (Phi) is 6.00. The van der Waals surface area contributed by atoms with Gasteiger partial charge < -0.3 is 14.6 Å². The zero-order valence-electron chi connectivity index (χ0n) is 13.4. The van der Waals surface area contributed by atoms with Gasteiger partial charge in [-0.25, -0.2) is 0 Å². The molecule has 1 fully saturated rings. The summed E-state index contributed by atoms with van der Waals surface area (Å²) in [6.45, 7) is 8.57. The number of nitrogens with one attached hydrogen (secondary N) is 1. The Hall–Kier alpha value is -1.82. The highest BCUT2D eigenvalue weighted by Crippen LogP contribution is 2.09. The molecule has 1 aromatic heterocycles. The Bertz CT molecular complexity index is 477. The van der Waals surface area contributed by atoms with E-state index in [0.29, 0.717) is 31.2 Å². The molecule has 6 heteroatoms. The van der Waals surface area contributed by atoms with Crippen molar-refractivity contribution < 1.29 is 14.0 Å². The van der Waals surface area contributed by atoms with Crippen LogP contribution in [0.5, 0.6) is 0 Å². The van der Waals surface area contributed by atoms with Crippen molar-refractivity contribution in [1.82, 2.24) is 15.1 Å². The number of rotatable bonds is 6. The number of amides is 2. The summed E-state index contributed by atoms with van der Waals surface area (Å²) in [5.74, 6) is 0.906. The van der Waals surface area contributed by atoms with Crippen molar-refractivity contribution in [3.05, 3.63) is 24.2 Å². The third-order valence-electron chi connectivity index (χ3n) is 3.75. The van der Waals surface area contributed by atoms with Gasteiger partial charge in [0.2, 0.25) is 5.91 Å². The predicted octanol–water partition coefficient (Wildman–Crippen LogP) is 1.20. The van der Waals surface area contributed by atoms with Crippen molar-refractivity contribution in [2.24, 2.45) is 5.92 Å². The predicted molar refractivity (Wildman–Crippen MR) is 83.5 cm³/mol. The summed E-state index contributed by atoms with van der Waals surface area (Å²) >= 11 is 0. The monoisotopic (exact) mass is 307 g/mol. The van der Waals surface area contributed by atoms with E-state index in [0.717, 1.165) is 26.2 Å². The summed E-state index contributed by atoms with van der Waals surface area (Å²) in [6, 6.07) is 3.41. The molecule has 2 heterocycles. The van der Waals surface area contributed by atoms with Crippen molar-refractivity contribution >= 4 is 11.8 Å². The molecule has 0 saturated carbocycles. The van der Waals surface area contributed by atoms with Crippen LogP contribution in [0.3, 0.4) is 0 Å². The molecule has 1 N–H and O–H groups in total. The largest absolute Gasteiger partial charge is 0.459 e. The molecule has 0 atom stereocenters. The van der Waals surface area contributed by atoms with Crippen LogP contribution in [0.25, 0.3) is 0 Å². The number of nitrogens with zero attached hydrogens (tertiary/aromatic N) is 2. The minimum atomic E-state index is -0.0562. The van der Waals surface area contributed by atoms with Crippen molar-refractivity contribution in [2.75, 3.05) is 39.3 Å². The molecule has 0 radical (unpaired) electrons. The molecule has 22 heavy (non-hydrogen) atoms. The molecular weight excluding hydrogens is 282 g/mol. The molecule has 1 aliphatic rings. The molecule has 1 aliphatic heterocycles. The fraction of sp³-hybridized carbons (Fsp3) is 0.625. The second-order valence-electron chi connectivity index (χ2n) is 6.06. The lowest BCUT2D eigenvalue weighted by molar-refractivity contribution is -0.121. The zero-order valence-corrected chi connectivity index (χ0v) is 13.4. The molecule has 1 aromatic rings. The van der Waals surface area contributed by atoms with Crippen LogP contribution in [0.4, 0.5) is 0 Å². The second kappa shape index (κ2) is 7.98. The Morgan fingerprint density at radius 1 is 1.27 bits per heavy atom. The van der Waals surface area contributed by atoms with Crippen LogP contribution < -0.4 is 5.32 Å². The lowest BCUT2D eigenvalue weighted by atomic mass is 10.2. The maximum absolute atomic E-state index is 12.1. The minimum absolute atomic E-state index is 0.0562. The first-order valence-corrected chi connectivity index (χ1v) is 7.88. The summed E-state index contributed by atoms with van der Waals surface area (Å²) in [7, 11) is 0. The molecule has 2 amide bonds. The van der Waals surface area contributed by atoms with Gasteiger partial charge in [-0.3, -0.25) is 14.5 Å². The van der Waals surface area contributed by atoms with Gasteiger partial charge in [0, 0.05) is 45.7 Å². The normalized spacial score (nSPS) is 16.0. The van der Waals surface area contributed by atoms with Crippen LogP contribution in [-0.4, -0.2) is 60.9 Å². The molecule has 1 saturated heterocycles. The van der Waals surface area contributed by atoms with E-state index in [4.69, 9.17) is 4.42 Å². The molecule has 0 spiro atoms. The van der Waals surface area contributed by atoms with Crippen molar-refractivity contribution in [3.8, 4) is 0 Å². The number of carbonyl (C=O) groups is 2. The van der Waals surface area contributed by atoms with Gasteiger partial charge in [-0.05, 0) is 18.1 Å². The smallest absolute Gasteiger partial charge is 0.289 e. The van der Waals surface area contributed by atoms with Crippen LogP contribution in [0.2, 0.25) is 0 Å². The van der Waals surface area contributed by atoms with Crippen LogP contribution in [0, 0.1) is 5.92 Å². The third kappa shape index (κ3) is 4.87. The molecule has 0 bridgehead atoms. The quantitative estimate of drug-likeness (QED) is 0.857. The highest BCUT2D eigenvalue weighted by molar-refractivity contribution is 5.91. The van der Waals surface area contributed by atoms with E-state index in [1.54, 1.807) is 17.0 Å². The lowest BCUT2D eigenvalue weighted by Crippen LogP contribution is -2.49. The summed E-state index contributed by atoms with van der Waals surface area (Å²) in [4.78, 5) is 27.9. The van der Waals surface area contributed by atoms with Gasteiger partial charge in [0.05, 0.1) is 6.26 Å². The first-order chi connectivity index (χ1) is 10.6. The first-order valence-electron chi connectivity index (χ1n) is 7.88. The van der Waals surface area contributed by atoms with E-state index < -0.39 is 0 Å². The second-order valence-corrected chi connectivity index (χ2v) is 6.06. The van der Waals surface area contributed by atoms with Gasteiger partial charge in [0.1, 0.15) is 0 Å². The van der Waals surface area contributed by atoms with Crippen molar-refractivity contribution in [2.45, 2.75) is 20.3 Å². The molecule has 0 aromatic carbocycles. The summed E-state index contributed by atoms with van der Waals surface area (Å²) in [5, 5.41) is 2.92. The fourth-order valence-electron chi connectivity index (χ4n) is 2.40. The Morgan fingerprint density at radius 2 is 2.00 bits per heavy atom. The van der Waals surface area contributed by atoms with Gasteiger partial charge >= 0.3 is 0 Å². The Morgan fingerprint density at radius 3 is 2.59 bits per heavy atom. The fourth-order valence-corrected chi connectivity index (χ4v) is 2.40. The first kappa shape index (κ1) is 16.5. The van der Waals surface area contributed by atoms with E-state index in [9.17, 15) is 9.59 Å². The van der Waals surface area contributed by atoms with E-state index >= 15 is 0 Å². The standard InChI is InChI=1S/C16H25N3O3/c1-13(2)12-17-15(20)5-6-18-7-9-19(10-8-18)16(21)14-4-3-11-22-14/h3-4,11,13H,5-10,12H2,1-2H3,(H,17,20). The number of furan rings is 1. The number of piperazine rings is 1. The summed E-state index contributed by atoms with van der Waals surface area (Å²) < 4.78 is 5.14. The third-order valence-corrected chi connectivity index (χ3v) is 3.75. The van der Waals surface area contributed by atoms with E-state index in [2.05, 4.69) is 24.1 Å². The molecule has 122 valence electrons. The van der Waals surface area contributed by atoms with Gasteiger partial charge in [0.15, 0.2) is 5.76 Å². The summed E-state index contributed by atoms with van der Waals surface area (Å²) in [5.41, 5.74) is 0. The minimum Gasteiger partial charge on any atom is -0.459 e. The van der Waals surface area contributed by atoms with Crippen LogP contribution in [0.1, 0.15) is 30.8 Å². The van der Waals surface area contributed by atoms with Crippen molar-refractivity contribution in [1.29, 1.82) is 0 Å². The number of carbonyl (C=O) groups excluding carboxylic acids is 2. The van der Waals surface area contributed by atoms with Crippen LogP contribution in [0.15, 0.2) is 22.8 Å². The van der Waals surface area contributed by atoms with Gasteiger partial charge in [-0.15, -0.1) is 0 Å². The topological polar surface area (TPSA) is 65.8 Å². The lowest BCUT2D eigenvalue weighted by Gasteiger charge is -2.34. The molecule has 6 nitrogen and oxygen atoms in total. The maximum atomic E-state index is 12.1. The highest BCUT2D eigenvalue weighted by atomic mass is 16.3. The zero-order chi connectivity index (χ0) is 15.9. The van der Waals surface area contributed by atoms with Gasteiger partial charge in [-0.2, -0.15) is 0 Å². The van der Waals surface area contributed by atoms with Gasteiger partial charge in [0.25, 0.3) is 5.91 Å². The SMILES string of the molecule is CC(C)CNC(=O)CCN1CCN(C(=O)c2ccco2)CC1. The van der Waals surface area contributed by atoms with E-state index in [-0.39, 0.29) is 11.8 Å². The average Bonchev–Trinajstić information content (AvgIpc) is 3.05. The van der Waals surface area contributed by atoms with E-state index in [1.807, 2.05) is 0 Å². The van der Waals surface area contributed by atoms with Crippen LogP contribution >= 0.6 is 0 Å². The Balaban J connectivity index is 1.67. The Labute approximate surface area is 131 Å². The van der Waals surface area contributed by atoms with Crippen molar-refractivity contribution in [3.63, 3.8) is 0 Å². The molecule has 0 aliphatic carbocycles. The number of hydrogen-bond acceptors (Lipinski definition) is 4. The molecule has 0 unspecified atom stereocenters. The van der Waals surface area contributed by atoms with E-state index in [1.165, 1.54) is 6.26 Å². The molecule has 2 rings (SSSR count). The van der Waals surface area contributed by atoms with Crippen LogP contribution in [-0.2, 0) is 4.79 Å². The maximum Gasteiger partial charge on any atom is 0.289 e. The molecular formula is C16H25N3O3. The number of hydrogen-bond donors (Lipinski definition) is 1. The summed E-state index contributed by atoms with van der Waals surface area (Å²) in [6.07, 6.45) is 2.03. The highest BCUT2D eigenvalue weighted by Gasteiger charge is 2.23.